The number of amides is 1. The molecule has 0 aliphatic heterocycles. The lowest BCUT2D eigenvalue weighted by Crippen LogP contribution is -2.25. The lowest BCUT2D eigenvalue weighted by atomic mass is 9.99. The fourth-order valence-corrected chi connectivity index (χ4v) is 1.49. The molecule has 1 aromatic rings. The maximum absolute atomic E-state index is 10.6. The Morgan fingerprint density at radius 2 is 2.00 bits per heavy atom. The number of nitrogen functional groups attached to an aromatic ring is 1. The summed E-state index contributed by atoms with van der Waals surface area (Å²) in [7, 11) is 0. The number of anilines is 1. The van der Waals surface area contributed by atoms with Crippen molar-refractivity contribution < 1.29 is 20.1 Å². The van der Waals surface area contributed by atoms with E-state index in [1.54, 1.807) is 0 Å². The van der Waals surface area contributed by atoms with Gasteiger partial charge in [-0.05, 0) is 17.7 Å². The smallest absolute Gasteiger partial charge is 0.220 e. The first kappa shape index (κ1) is 13.4. The Kier molecular flexibility index (Phi) is 4.45. The SMILES string of the molecule is NC(=O)CC(O)C(O)c1ccc(N)c(CO)c1. The van der Waals surface area contributed by atoms with E-state index in [4.69, 9.17) is 16.6 Å². The number of aliphatic hydroxyl groups is 3. The number of benzene rings is 1. The van der Waals surface area contributed by atoms with E-state index in [9.17, 15) is 15.0 Å². The Balaban J connectivity index is 2.88. The number of aliphatic hydroxyl groups excluding tert-OH is 3. The highest BCUT2D eigenvalue weighted by atomic mass is 16.3. The van der Waals surface area contributed by atoms with Crippen molar-refractivity contribution in [3.8, 4) is 0 Å². The van der Waals surface area contributed by atoms with Crippen LogP contribution in [0.3, 0.4) is 0 Å². The summed E-state index contributed by atoms with van der Waals surface area (Å²) >= 11 is 0. The zero-order valence-corrected chi connectivity index (χ0v) is 9.21. The maximum atomic E-state index is 10.6. The van der Waals surface area contributed by atoms with Crippen molar-refractivity contribution in [3.05, 3.63) is 29.3 Å². The summed E-state index contributed by atoms with van der Waals surface area (Å²) in [6, 6.07) is 4.51. The van der Waals surface area contributed by atoms with E-state index in [-0.39, 0.29) is 13.0 Å². The molecule has 0 saturated carbocycles. The second kappa shape index (κ2) is 5.62. The molecule has 0 heterocycles. The van der Waals surface area contributed by atoms with Crippen LogP contribution in [0.2, 0.25) is 0 Å². The molecular weight excluding hydrogens is 224 g/mol. The van der Waals surface area contributed by atoms with Crippen LogP contribution >= 0.6 is 0 Å². The van der Waals surface area contributed by atoms with Crippen molar-refractivity contribution in [2.45, 2.75) is 25.2 Å². The van der Waals surface area contributed by atoms with Crippen molar-refractivity contribution in [2.75, 3.05) is 5.73 Å². The van der Waals surface area contributed by atoms with Gasteiger partial charge in [0, 0.05) is 11.3 Å². The van der Waals surface area contributed by atoms with Gasteiger partial charge in [-0.1, -0.05) is 6.07 Å². The molecule has 94 valence electrons. The van der Waals surface area contributed by atoms with Crippen molar-refractivity contribution >= 4 is 11.6 Å². The van der Waals surface area contributed by atoms with Crippen LogP contribution in [0.5, 0.6) is 0 Å². The van der Waals surface area contributed by atoms with E-state index < -0.39 is 18.1 Å². The van der Waals surface area contributed by atoms with Crippen molar-refractivity contribution in [3.63, 3.8) is 0 Å². The average Bonchev–Trinajstić information content (AvgIpc) is 2.27. The molecule has 2 unspecified atom stereocenters. The predicted molar refractivity (Wildman–Crippen MR) is 61.6 cm³/mol. The summed E-state index contributed by atoms with van der Waals surface area (Å²) in [5.41, 5.74) is 11.7. The molecule has 2 atom stereocenters. The van der Waals surface area contributed by atoms with Gasteiger partial charge in [0.2, 0.25) is 5.91 Å². The quantitative estimate of drug-likeness (QED) is 0.423. The lowest BCUT2D eigenvalue weighted by Gasteiger charge is -2.18. The standard InChI is InChI=1S/C11H16N2O4/c12-8-2-1-6(3-7(8)5-14)11(17)9(15)4-10(13)16/h1-3,9,11,14-15,17H,4-5,12H2,(H2,13,16). The van der Waals surface area contributed by atoms with E-state index >= 15 is 0 Å². The summed E-state index contributed by atoms with van der Waals surface area (Å²) < 4.78 is 0. The number of carbonyl (C=O) groups excluding carboxylic acids is 1. The maximum Gasteiger partial charge on any atom is 0.220 e. The number of hydrogen-bond acceptors (Lipinski definition) is 5. The molecule has 1 amide bonds. The van der Waals surface area contributed by atoms with E-state index in [2.05, 4.69) is 0 Å². The highest BCUT2D eigenvalue weighted by molar-refractivity contribution is 5.74. The van der Waals surface area contributed by atoms with Gasteiger partial charge in [-0.2, -0.15) is 0 Å². The predicted octanol–water partition coefficient (Wildman–Crippen LogP) is -0.969. The summed E-state index contributed by atoms with van der Waals surface area (Å²) in [4.78, 5) is 10.6. The Bertz CT molecular complexity index is 408. The highest BCUT2D eigenvalue weighted by Crippen LogP contribution is 2.23. The minimum absolute atomic E-state index is 0.266. The van der Waals surface area contributed by atoms with Gasteiger partial charge in [0.25, 0.3) is 0 Å². The third-order valence-electron chi connectivity index (χ3n) is 2.45. The minimum atomic E-state index is -1.28. The molecule has 0 aliphatic rings. The molecule has 1 rings (SSSR count). The molecular formula is C11H16N2O4. The molecule has 0 saturated heterocycles. The third kappa shape index (κ3) is 3.42. The van der Waals surface area contributed by atoms with Gasteiger partial charge in [0.1, 0.15) is 6.10 Å². The van der Waals surface area contributed by atoms with Crippen LogP contribution in [0.4, 0.5) is 5.69 Å². The summed E-state index contributed by atoms with van der Waals surface area (Å²) in [5.74, 6) is -0.700. The normalized spacial score (nSPS) is 14.3. The van der Waals surface area contributed by atoms with Crippen LogP contribution in [-0.2, 0) is 11.4 Å². The summed E-state index contributed by atoms with van der Waals surface area (Å²) in [5, 5.41) is 28.3. The van der Waals surface area contributed by atoms with Crippen LogP contribution < -0.4 is 11.5 Å². The molecule has 0 spiro atoms. The van der Waals surface area contributed by atoms with E-state index in [1.165, 1.54) is 18.2 Å². The van der Waals surface area contributed by atoms with Crippen LogP contribution in [0, 0.1) is 0 Å². The lowest BCUT2D eigenvalue weighted by molar-refractivity contribution is -0.121. The second-order valence-corrected chi connectivity index (χ2v) is 3.80. The van der Waals surface area contributed by atoms with E-state index in [0.717, 1.165) is 0 Å². The number of hydrogen-bond donors (Lipinski definition) is 5. The Labute approximate surface area is 98.5 Å². The van der Waals surface area contributed by atoms with E-state index in [0.29, 0.717) is 16.8 Å². The summed E-state index contributed by atoms with van der Waals surface area (Å²) in [6.07, 6.45) is -2.85. The molecule has 0 aliphatic carbocycles. The minimum Gasteiger partial charge on any atom is -0.398 e. The Morgan fingerprint density at radius 1 is 1.35 bits per heavy atom. The second-order valence-electron chi connectivity index (χ2n) is 3.80. The largest absolute Gasteiger partial charge is 0.398 e. The fraction of sp³-hybridized carbons (Fsp3) is 0.364. The first-order chi connectivity index (χ1) is 7.95. The molecule has 7 N–H and O–H groups in total. The Hall–Kier alpha value is -1.63. The number of carbonyl (C=O) groups is 1. The molecule has 0 aromatic heterocycles. The molecule has 1 aromatic carbocycles. The average molecular weight is 240 g/mol. The zero-order valence-electron chi connectivity index (χ0n) is 9.21. The zero-order chi connectivity index (χ0) is 13.0. The molecule has 6 heteroatoms. The van der Waals surface area contributed by atoms with Gasteiger partial charge in [-0.15, -0.1) is 0 Å². The van der Waals surface area contributed by atoms with Gasteiger partial charge in [-0.3, -0.25) is 4.79 Å². The van der Waals surface area contributed by atoms with Crippen LogP contribution in [0.25, 0.3) is 0 Å². The highest BCUT2D eigenvalue weighted by Gasteiger charge is 2.20. The molecule has 6 nitrogen and oxygen atoms in total. The van der Waals surface area contributed by atoms with Crippen molar-refractivity contribution in [1.82, 2.24) is 0 Å². The van der Waals surface area contributed by atoms with Crippen molar-refractivity contribution in [1.29, 1.82) is 0 Å². The summed E-state index contributed by atoms with van der Waals surface area (Å²) in [6.45, 7) is -0.266. The number of nitrogens with two attached hydrogens (primary N) is 2. The number of rotatable bonds is 5. The third-order valence-corrected chi connectivity index (χ3v) is 2.45. The first-order valence-electron chi connectivity index (χ1n) is 5.09. The van der Waals surface area contributed by atoms with Crippen LogP contribution in [0.15, 0.2) is 18.2 Å². The van der Waals surface area contributed by atoms with Crippen molar-refractivity contribution in [2.24, 2.45) is 5.73 Å². The van der Waals surface area contributed by atoms with Gasteiger partial charge in [0.15, 0.2) is 0 Å². The molecule has 0 radical (unpaired) electrons. The molecule has 0 fully saturated rings. The monoisotopic (exact) mass is 240 g/mol. The molecule has 17 heavy (non-hydrogen) atoms. The first-order valence-corrected chi connectivity index (χ1v) is 5.09. The Morgan fingerprint density at radius 3 is 2.53 bits per heavy atom. The van der Waals surface area contributed by atoms with Gasteiger partial charge < -0.3 is 26.8 Å². The van der Waals surface area contributed by atoms with E-state index in [1.807, 2.05) is 0 Å². The topological polar surface area (TPSA) is 130 Å². The molecule has 0 bridgehead atoms. The fourth-order valence-electron chi connectivity index (χ4n) is 1.49. The van der Waals surface area contributed by atoms with Crippen LogP contribution in [-0.4, -0.2) is 27.3 Å². The number of primary amides is 1. The van der Waals surface area contributed by atoms with Gasteiger partial charge in [-0.25, -0.2) is 0 Å². The van der Waals surface area contributed by atoms with Gasteiger partial charge in [0.05, 0.1) is 19.1 Å². The van der Waals surface area contributed by atoms with Crippen LogP contribution in [0.1, 0.15) is 23.7 Å². The van der Waals surface area contributed by atoms with Gasteiger partial charge >= 0.3 is 0 Å².